The third kappa shape index (κ3) is 4.80. The molecule has 0 saturated heterocycles. The first-order valence-corrected chi connectivity index (χ1v) is 11.5. The van der Waals surface area contributed by atoms with Crippen molar-refractivity contribution in [2.75, 3.05) is 34.3 Å². The maximum Gasteiger partial charge on any atom is 0.308 e. The lowest BCUT2D eigenvalue weighted by atomic mass is 9.95. The maximum absolute atomic E-state index is 13.7. The van der Waals surface area contributed by atoms with Crippen LogP contribution >= 0.6 is 11.6 Å². The van der Waals surface area contributed by atoms with Crippen LogP contribution in [0.25, 0.3) is 11.0 Å². The van der Waals surface area contributed by atoms with Crippen molar-refractivity contribution < 1.29 is 33.4 Å². The van der Waals surface area contributed by atoms with E-state index in [0.717, 1.165) is 0 Å². The topological polar surface area (TPSA) is 110 Å². The molecule has 10 heteroatoms. The van der Waals surface area contributed by atoms with Crippen molar-refractivity contribution in [1.29, 1.82) is 0 Å². The van der Waals surface area contributed by atoms with E-state index in [4.69, 9.17) is 25.5 Å². The fourth-order valence-corrected chi connectivity index (χ4v) is 4.35. The van der Waals surface area contributed by atoms with E-state index in [-0.39, 0.29) is 17.9 Å². The van der Waals surface area contributed by atoms with Gasteiger partial charge in [-0.15, -0.1) is 0 Å². The average molecular weight is 513 g/mol. The number of Topliss-reactive ketones (excluding diaryl/α,β-unsaturated/α-hetero) is 1. The molecular weight excluding hydrogens is 488 g/mol. The highest BCUT2D eigenvalue weighted by Gasteiger charge is 2.44. The Kier molecular flexibility index (Phi) is 7.05. The number of fused-ring (bicyclic) bond motifs is 1. The predicted molar refractivity (Wildman–Crippen MR) is 133 cm³/mol. The molecule has 0 spiro atoms. The highest BCUT2D eigenvalue weighted by molar-refractivity contribution is 6.31. The molecule has 4 rings (SSSR count). The molecule has 2 aromatic carbocycles. The number of rotatable bonds is 8. The molecule has 1 unspecified atom stereocenters. The number of methoxy groups -OCH3 is 1. The van der Waals surface area contributed by atoms with E-state index in [1.165, 1.54) is 25.0 Å². The number of hydrogen-bond acceptors (Lipinski definition) is 8. The number of amides is 1. The molecule has 188 valence electrons. The summed E-state index contributed by atoms with van der Waals surface area (Å²) in [6.07, 6.45) is 0. The normalized spacial score (nSPS) is 15.8. The molecule has 0 saturated carbocycles. The second kappa shape index (κ2) is 10.0. The van der Waals surface area contributed by atoms with Crippen molar-refractivity contribution in [3.63, 3.8) is 0 Å². The van der Waals surface area contributed by atoms with Crippen LogP contribution in [0.3, 0.4) is 0 Å². The van der Waals surface area contributed by atoms with Crippen molar-refractivity contribution in [3.8, 4) is 11.5 Å². The molecule has 1 amide bonds. The zero-order chi connectivity index (χ0) is 26.1. The van der Waals surface area contributed by atoms with Gasteiger partial charge in [0.15, 0.2) is 22.9 Å². The van der Waals surface area contributed by atoms with Gasteiger partial charge in [-0.1, -0.05) is 23.7 Å². The van der Waals surface area contributed by atoms with Crippen LogP contribution in [0.15, 0.2) is 58.2 Å². The first-order valence-electron chi connectivity index (χ1n) is 11.1. The molecule has 1 atom stereocenters. The van der Waals surface area contributed by atoms with E-state index in [0.29, 0.717) is 39.6 Å². The number of carbonyl (C=O) groups is 3. The number of benzene rings is 2. The van der Waals surface area contributed by atoms with Gasteiger partial charge in [0.2, 0.25) is 5.78 Å². The molecule has 1 aliphatic heterocycles. The van der Waals surface area contributed by atoms with E-state index in [2.05, 4.69) is 0 Å². The number of nitrogens with zero attached hydrogens (tertiary/aromatic N) is 2. The molecule has 0 radical (unpaired) electrons. The van der Waals surface area contributed by atoms with Crippen LogP contribution in [0.1, 0.15) is 29.1 Å². The van der Waals surface area contributed by atoms with Gasteiger partial charge in [-0.3, -0.25) is 14.4 Å². The zero-order valence-electron chi connectivity index (χ0n) is 20.2. The second-order valence-corrected chi connectivity index (χ2v) is 9.03. The Labute approximate surface area is 212 Å². The van der Waals surface area contributed by atoms with Crippen molar-refractivity contribution in [2.45, 2.75) is 13.0 Å². The molecule has 1 aliphatic rings. The van der Waals surface area contributed by atoms with E-state index in [9.17, 15) is 19.5 Å². The Morgan fingerprint density at radius 3 is 2.47 bits per heavy atom. The summed E-state index contributed by atoms with van der Waals surface area (Å²) in [5, 5.41) is 11.8. The van der Waals surface area contributed by atoms with Gasteiger partial charge in [0.1, 0.15) is 5.75 Å². The maximum atomic E-state index is 13.7. The van der Waals surface area contributed by atoms with Crippen LogP contribution in [0.2, 0.25) is 5.02 Å². The molecule has 0 aliphatic carbocycles. The Morgan fingerprint density at radius 1 is 1.17 bits per heavy atom. The summed E-state index contributed by atoms with van der Waals surface area (Å²) in [5.74, 6) is -1.82. The Hall–Kier alpha value is -3.82. The van der Waals surface area contributed by atoms with Crippen LogP contribution in [0, 0.1) is 0 Å². The molecule has 0 fully saturated rings. The molecule has 1 aromatic heterocycles. The number of ether oxygens (including phenoxy) is 2. The largest absolute Gasteiger partial charge is 0.503 e. The minimum Gasteiger partial charge on any atom is -0.503 e. The number of ketones is 1. The van der Waals surface area contributed by atoms with Crippen molar-refractivity contribution in [2.24, 2.45) is 0 Å². The SMILES string of the molecule is COc1cc(Cl)cc2cc(C(=O)C3=C(O)C(=O)N(CCN(C)C)C3c3ccc(OC(C)=O)cc3)oc12. The van der Waals surface area contributed by atoms with Crippen LogP contribution in [0.5, 0.6) is 11.5 Å². The van der Waals surface area contributed by atoms with Gasteiger partial charge in [-0.25, -0.2) is 0 Å². The monoisotopic (exact) mass is 512 g/mol. The highest BCUT2D eigenvalue weighted by Crippen LogP contribution is 2.41. The van der Waals surface area contributed by atoms with Gasteiger partial charge in [-0.2, -0.15) is 0 Å². The lowest BCUT2D eigenvalue weighted by Gasteiger charge is -2.28. The molecule has 36 heavy (non-hydrogen) atoms. The standard InChI is InChI=1S/C26H25ClN2O7/c1-14(30)35-18-7-5-15(6-8-18)22-21(24(32)26(33)29(22)10-9-28(2)3)23(31)19-12-16-11-17(27)13-20(34-4)25(16)36-19/h5-8,11-13,22,32H,9-10H2,1-4H3. The number of carbonyl (C=O) groups excluding carboxylic acids is 3. The summed E-state index contributed by atoms with van der Waals surface area (Å²) in [6.45, 7) is 2.05. The summed E-state index contributed by atoms with van der Waals surface area (Å²) in [7, 11) is 5.17. The minimum absolute atomic E-state index is 0.0732. The summed E-state index contributed by atoms with van der Waals surface area (Å²) in [6, 6.07) is 10.2. The van der Waals surface area contributed by atoms with Crippen LogP contribution in [0.4, 0.5) is 0 Å². The highest BCUT2D eigenvalue weighted by atomic mass is 35.5. The third-order valence-electron chi connectivity index (χ3n) is 5.78. The molecular formula is C26H25ClN2O7. The van der Waals surface area contributed by atoms with Crippen molar-refractivity contribution >= 4 is 40.2 Å². The number of likely N-dealkylation sites (N-methyl/N-ethyl adjacent to an activating group) is 1. The summed E-state index contributed by atoms with van der Waals surface area (Å²) < 4.78 is 16.2. The van der Waals surface area contributed by atoms with Crippen LogP contribution < -0.4 is 9.47 Å². The average Bonchev–Trinajstić information content (AvgIpc) is 3.36. The first-order chi connectivity index (χ1) is 17.1. The predicted octanol–water partition coefficient (Wildman–Crippen LogP) is 4.16. The summed E-state index contributed by atoms with van der Waals surface area (Å²) >= 11 is 6.15. The van der Waals surface area contributed by atoms with Crippen molar-refractivity contribution in [3.05, 3.63) is 70.1 Å². The molecule has 0 bridgehead atoms. The number of halogens is 1. The Bertz CT molecular complexity index is 1370. The fourth-order valence-electron chi connectivity index (χ4n) is 4.14. The van der Waals surface area contributed by atoms with E-state index >= 15 is 0 Å². The molecule has 3 aromatic rings. The van der Waals surface area contributed by atoms with Crippen LogP contribution in [-0.2, 0) is 9.59 Å². The summed E-state index contributed by atoms with van der Waals surface area (Å²) in [5.41, 5.74) is 0.770. The van der Waals surface area contributed by atoms with Gasteiger partial charge in [0.05, 0.1) is 18.7 Å². The smallest absolute Gasteiger partial charge is 0.308 e. The Morgan fingerprint density at radius 2 is 1.86 bits per heavy atom. The number of furan rings is 1. The van der Waals surface area contributed by atoms with Gasteiger partial charge in [-0.05, 0) is 43.9 Å². The molecule has 2 heterocycles. The van der Waals surface area contributed by atoms with Gasteiger partial charge in [0.25, 0.3) is 5.91 Å². The third-order valence-corrected chi connectivity index (χ3v) is 6.00. The fraction of sp³-hybridized carbons (Fsp3) is 0.269. The van der Waals surface area contributed by atoms with Gasteiger partial charge in [0, 0.05) is 36.5 Å². The second-order valence-electron chi connectivity index (χ2n) is 8.60. The minimum atomic E-state index is -0.880. The lowest BCUT2D eigenvalue weighted by molar-refractivity contribution is -0.132. The van der Waals surface area contributed by atoms with Crippen molar-refractivity contribution in [1.82, 2.24) is 9.80 Å². The number of hydrogen-bond donors (Lipinski definition) is 1. The zero-order valence-corrected chi connectivity index (χ0v) is 21.0. The van der Waals surface area contributed by atoms with Crippen LogP contribution in [-0.4, -0.2) is 66.9 Å². The number of aliphatic hydroxyl groups is 1. The van der Waals surface area contributed by atoms with Gasteiger partial charge >= 0.3 is 5.97 Å². The molecule has 1 N–H and O–H groups in total. The number of aliphatic hydroxyl groups excluding tert-OH is 1. The van der Waals surface area contributed by atoms with E-state index in [1.54, 1.807) is 36.4 Å². The lowest BCUT2D eigenvalue weighted by Crippen LogP contribution is -2.36. The Balaban J connectivity index is 1.78. The van der Waals surface area contributed by atoms with E-state index in [1.807, 2.05) is 19.0 Å². The van der Waals surface area contributed by atoms with E-state index < -0.39 is 29.5 Å². The molecule has 9 nitrogen and oxygen atoms in total. The van der Waals surface area contributed by atoms with Gasteiger partial charge < -0.3 is 28.8 Å². The number of esters is 1. The first kappa shape index (κ1) is 25.3. The summed E-state index contributed by atoms with van der Waals surface area (Å²) in [4.78, 5) is 41.4. The quantitative estimate of drug-likeness (QED) is 0.272.